The summed E-state index contributed by atoms with van der Waals surface area (Å²) >= 11 is 4.24. The van der Waals surface area contributed by atoms with E-state index in [0.29, 0.717) is 27.1 Å². The van der Waals surface area contributed by atoms with E-state index in [-0.39, 0.29) is 29.3 Å². The number of amides is 2. The van der Waals surface area contributed by atoms with Gasteiger partial charge in [0.05, 0.1) is 39.6 Å². The van der Waals surface area contributed by atoms with Crippen molar-refractivity contribution < 1.29 is 24.0 Å². The van der Waals surface area contributed by atoms with E-state index >= 15 is 0 Å². The number of carbonyl (C=O) groups is 2. The zero-order valence-corrected chi connectivity index (χ0v) is 21.7. The molecule has 186 valence electrons. The topological polar surface area (TPSA) is 123 Å². The molecule has 0 N–H and O–H groups in total. The van der Waals surface area contributed by atoms with Gasteiger partial charge in [0.2, 0.25) is 0 Å². The van der Waals surface area contributed by atoms with Crippen LogP contribution in [0.25, 0.3) is 6.08 Å². The Bertz CT molecular complexity index is 1470. The van der Waals surface area contributed by atoms with Gasteiger partial charge in [0.25, 0.3) is 16.8 Å². The molecule has 0 radical (unpaired) electrons. The van der Waals surface area contributed by atoms with Crippen LogP contribution in [-0.2, 0) is 17.9 Å². The molecule has 2 amide bonds. The van der Waals surface area contributed by atoms with E-state index < -0.39 is 16.1 Å². The van der Waals surface area contributed by atoms with E-state index in [0.717, 1.165) is 22.2 Å². The number of benzene rings is 3. The molecule has 9 nitrogen and oxygen atoms in total. The van der Waals surface area contributed by atoms with Gasteiger partial charge >= 0.3 is 0 Å². The number of hydrogen-bond acceptors (Lipinski definition) is 8. The quantitative estimate of drug-likeness (QED) is 0.179. The number of nitro benzene ring substituents is 1. The molecule has 3 aromatic rings. The number of para-hydroxylation sites is 1. The van der Waals surface area contributed by atoms with Crippen molar-refractivity contribution in [2.75, 3.05) is 7.11 Å². The smallest absolute Gasteiger partial charge is 0.293 e. The number of methoxy groups -OCH3 is 1. The third-order valence-electron chi connectivity index (χ3n) is 5.41. The van der Waals surface area contributed by atoms with Crippen LogP contribution in [0.2, 0.25) is 0 Å². The number of ether oxygens (including phenoxy) is 2. The van der Waals surface area contributed by atoms with Gasteiger partial charge in [0.1, 0.15) is 6.61 Å². The van der Waals surface area contributed by atoms with E-state index in [9.17, 15) is 19.7 Å². The fourth-order valence-corrected chi connectivity index (χ4v) is 4.99. The molecule has 1 aliphatic rings. The van der Waals surface area contributed by atoms with Crippen LogP contribution in [0.3, 0.4) is 0 Å². The van der Waals surface area contributed by atoms with Crippen LogP contribution in [0.4, 0.5) is 10.5 Å². The Morgan fingerprint density at radius 3 is 2.57 bits per heavy atom. The molecule has 11 heteroatoms. The average molecular weight is 580 g/mol. The number of rotatable bonds is 8. The number of halogens is 1. The monoisotopic (exact) mass is 579 g/mol. The van der Waals surface area contributed by atoms with Crippen molar-refractivity contribution in [1.29, 1.82) is 5.26 Å². The SMILES string of the molecule is COc1cc(/C=C2\SC(=O)N(Cc3ccccc3[N+](=O)[O-])C2=O)cc(Br)c1OCc1ccc(C#N)cc1. The van der Waals surface area contributed by atoms with Gasteiger partial charge < -0.3 is 9.47 Å². The number of carbonyl (C=O) groups excluding carboxylic acids is 2. The van der Waals surface area contributed by atoms with Crippen LogP contribution in [0, 0.1) is 21.4 Å². The minimum absolute atomic E-state index is 0.157. The summed E-state index contributed by atoms with van der Waals surface area (Å²) in [5.74, 6) is 0.325. The summed E-state index contributed by atoms with van der Waals surface area (Å²) in [5, 5.41) is 19.7. The van der Waals surface area contributed by atoms with Gasteiger partial charge in [-0.25, -0.2) is 0 Å². The minimum Gasteiger partial charge on any atom is -0.493 e. The van der Waals surface area contributed by atoms with Crippen LogP contribution in [-0.4, -0.2) is 28.1 Å². The third kappa shape index (κ3) is 5.82. The second-order valence-corrected chi connectivity index (χ2v) is 9.63. The molecule has 0 aliphatic carbocycles. The molecule has 37 heavy (non-hydrogen) atoms. The van der Waals surface area contributed by atoms with Gasteiger partial charge in [-0.3, -0.25) is 24.6 Å². The molecule has 4 rings (SSSR count). The summed E-state index contributed by atoms with van der Waals surface area (Å²) in [6.45, 7) is 0.0405. The molecule has 1 heterocycles. The Morgan fingerprint density at radius 2 is 1.89 bits per heavy atom. The fourth-order valence-electron chi connectivity index (χ4n) is 3.57. The molecule has 1 fully saturated rings. The van der Waals surface area contributed by atoms with E-state index in [2.05, 4.69) is 22.0 Å². The van der Waals surface area contributed by atoms with Crippen molar-refractivity contribution in [3.8, 4) is 17.6 Å². The standard InChI is InChI=1S/C26H18BrN3O6S/c1-35-22-11-18(10-20(27)24(22)36-15-17-8-6-16(13-28)7-9-17)12-23-25(31)29(26(32)37-23)14-19-4-2-3-5-21(19)30(33)34/h2-12H,14-15H2,1H3/b23-12-. The normalized spacial score (nSPS) is 14.1. The Labute approximate surface area is 224 Å². The van der Waals surface area contributed by atoms with Gasteiger partial charge in [-0.1, -0.05) is 30.3 Å². The van der Waals surface area contributed by atoms with Gasteiger partial charge in [0, 0.05) is 11.6 Å². The van der Waals surface area contributed by atoms with E-state index in [1.54, 1.807) is 48.5 Å². The number of hydrogen-bond donors (Lipinski definition) is 0. The van der Waals surface area contributed by atoms with Crippen LogP contribution in [0.5, 0.6) is 11.5 Å². The lowest BCUT2D eigenvalue weighted by Gasteiger charge is -2.14. The molecule has 0 spiro atoms. The number of nitro groups is 1. The number of nitriles is 1. The average Bonchev–Trinajstić information content (AvgIpc) is 3.15. The first-order valence-electron chi connectivity index (χ1n) is 10.8. The lowest BCUT2D eigenvalue weighted by Crippen LogP contribution is -2.27. The molecule has 0 bridgehead atoms. The largest absolute Gasteiger partial charge is 0.493 e. The number of nitrogens with zero attached hydrogens (tertiary/aromatic N) is 3. The van der Waals surface area contributed by atoms with Crippen molar-refractivity contribution in [1.82, 2.24) is 4.90 Å². The first-order valence-corrected chi connectivity index (χ1v) is 12.4. The maximum absolute atomic E-state index is 13.0. The summed E-state index contributed by atoms with van der Waals surface area (Å²) in [7, 11) is 1.49. The summed E-state index contributed by atoms with van der Waals surface area (Å²) in [6, 6.07) is 18.5. The zero-order chi connectivity index (χ0) is 26.5. The second kappa shape index (κ2) is 11.3. The predicted octanol–water partition coefficient (Wildman–Crippen LogP) is 6.05. The Hall–Kier alpha value is -4.14. The van der Waals surface area contributed by atoms with Crippen molar-refractivity contribution in [2.24, 2.45) is 0 Å². The molecular weight excluding hydrogens is 562 g/mol. The lowest BCUT2D eigenvalue weighted by atomic mass is 10.1. The summed E-state index contributed by atoms with van der Waals surface area (Å²) < 4.78 is 12.0. The molecule has 1 saturated heterocycles. The first-order chi connectivity index (χ1) is 17.8. The van der Waals surface area contributed by atoms with Gasteiger partial charge in [-0.2, -0.15) is 5.26 Å². The highest BCUT2D eigenvalue weighted by Crippen LogP contribution is 2.40. The van der Waals surface area contributed by atoms with Gasteiger partial charge in [0.15, 0.2) is 11.5 Å². The molecule has 0 saturated carbocycles. The Balaban J connectivity index is 1.53. The molecule has 0 unspecified atom stereocenters. The maximum Gasteiger partial charge on any atom is 0.293 e. The first kappa shape index (κ1) is 25.9. The van der Waals surface area contributed by atoms with Gasteiger partial charge in [-0.05, 0) is 69.2 Å². The third-order valence-corrected chi connectivity index (χ3v) is 6.90. The van der Waals surface area contributed by atoms with Crippen molar-refractivity contribution in [2.45, 2.75) is 13.2 Å². The molecule has 0 atom stereocenters. The van der Waals surface area contributed by atoms with Crippen molar-refractivity contribution in [3.05, 3.63) is 102 Å². The minimum atomic E-state index is -0.543. The maximum atomic E-state index is 13.0. The highest BCUT2D eigenvalue weighted by molar-refractivity contribution is 9.10. The van der Waals surface area contributed by atoms with Crippen molar-refractivity contribution >= 4 is 50.6 Å². The molecule has 0 aromatic heterocycles. The summed E-state index contributed by atoms with van der Waals surface area (Å²) in [5.41, 5.74) is 2.12. The predicted molar refractivity (Wildman–Crippen MR) is 141 cm³/mol. The summed E-state index contributed by atoms with van der Waals surface area (Å²) in [6.07, 6.45) is 1.56. The van der Waals surface area contributed by atoms with Crippen LogP contribution in [0.15, 0.2) is 70.0 Å². The van der Waals surface area contributed by atoms with Crippen LogP contribution in [0.1, 0.15) is 22.3 Å². The zero-order valence-electron chi connectivity index (χ0n) is 19.3. The number of imide groups is 1. The highest BCUT2D eigenvalue weighted by Gasteiger charge is 2.36. The Morgan fingerprint density at radius 1 is 1.16 bits per heavy atom. The fraction of sp³-hybridized carbons (Fsp3) is 0.115. The summed E-state index contributed by atoms with van der Waals surface area (Å²) in [4.78, 5) is 37.5. The van der Waals surface area contributed by atoms with Crippen LogP contribution >= 0.6 is 27.7 Å². The van der Waals surface area contributed by atoms with Crippen molar-refractivity contribution in [3.63, 3.8) is 0 Å². The van der Waals surface area contributed by atoms with E-state index in [1.165, 1.54) is 25.3 Å². The number of thioether (sulfide) groups is 1. The van der Waals surface area contributed by atoms with E-state index in [4.69, 9.17) is 14.7 Å². The van der Waals surface area contributed by atoms with Gasteiger partial charge in [-0.15, -0.1) is 0 Å². The Kier molecular flexibility index (Phi) is 7.91. The molecule has 3 aromatic carbocycles. The van der Waals surface area contributed by atoms with E-state index in [1.807, 2.05) is 0 Å². The lowest BCUT2D eigenvalue weighted by molar-refractivity contribution is -0.385. The van der Waals surface area contributed by atoms with Crippen LogP contribution < -0.4 is 9.47 Å². The second-order valence-electron chi connectivity index (χ2n) is 7.79. The molecule has 1 aliphatic heterocycles. The highest BCUT2D eigenvalue weighted by atomic mass is 79.9. The molecular formula is C26H18BrN3O6S.